The molecule has 0 amide bonds. The summed E-state index contributed by atoms with van der Waals surface area (Å²) in [6, 6.07) is 7.57. The lowest BCUT2D eigenvalue weighted by Crippen LogP contribution is -2.15. The molecule has 0 aliphatic heterocycles. The molecule has 0 aliphatic carbocycles. The Hall–Kier alpha value is -0.910. The Morgan fingerprint density at radius 1 is 1.11 bits per heavy atom. The molecule has 1 atom stereocenters. The number of hydrogen-bond acceptors (Lipinski definition) is 5. The molecule has 0 aromatic heterocycles. The SMILES string of the molecule is CCCOc1ccc(OCCSCC(O)CO)cc1. The lowest BCUT2D eigenvalue weighted by molar-refractivity contribution is 0.113. The Bertz CT molecular complexity index is 329. The zero-order valence-corrected chi connectivity index (χ0v) is 12.1. The van der Waals surface area contributed by atoms with Crippen LogP contribution in [0.2, 0.25) is 0 Å². The van der Waals surface area contributed by atoms with Gasteiger partial charge in [0.25, 0.3) is 0 Å². The van der Waals surface area contributed by atoms with Crippen LogP contribution in [0.1, 0.15) is 13.3 Å². The van der Waals surface area contributed by atoms with Crippen LogP contribution in [0.5, 0.6) is 11.5 Å². The molecule has 0 aliphatic rings. The van der Waals surface area contributed by atoms with Gasteiger partial charge in [0, 0.05) is 11.5 Å². The van der Waals surface area contributed by atoms with Crippen LogP contribution in [-0.2, 0) is 0 Å². The molecule has 1 rings (SSSR count). The normalized spacial score (nSPS) is 12.2. The summed E-state index contributed by atoms with van der Waals surface area (Å²) in [4.78, 5) is 0. The molecule has 4 nitrogen and oxygen atoms in total. The van der Waals surface area contributed by atoms with Crippen LogP contribution in [0.15, 0.2) is 24.3 Å². The van der Waals surface area contributed by atoms with E-state index < -0.39 is 6.10 Å². The zero-order valence-electron chi connectivity index (χ0n) is 11.2. The third-order valence-electron chi connectivity index (χ3n) is 2.31. The van der Waals surface area contributed by atoms with Crippen LogP contribution >= 0.6 is 11.8 Å². The minimum Gasteiger partial charge on any atom is -0.494 e. The van der Waals surface area contributed by atoms with Crippen LogP contribution in [0, 0.1) is 0 Å². The fraction of sp³-hybridized carbons (Fsp3) is 0.571. The summed E-state index contributed by atoms with van der Waals surface area (Å²) < 4.78 is 11.0. The summed E-state index contributed by atoms with van der Waals surface area (Å²) >= 11 is 1.56. The first-order valence-electron chi connectivity index (χ1n) is 6.48. The molecule has 19 heavy (non-hydrogen) atoms. The average Bonchev–Trinajstić information content (AvgIpc) is 2.45. The number of ether oxygens (including phenoxy) is 2. The van der Waals surface area contributed by atoms with E-state index in [4.69, 9.17) is 19.7 Å². The maximum Gasteiger partial charge on any atom is 0.119 e. The highest BCUT2D eigenvalue weighted by atomic mass is 32.2. The first-order valence-corrected chi connectivity index (χ1v) is 7.64. The van der Waals surface area contributed by atoms with Gasteiger partial charge in [0.1, 0.15) is 11.5 Å². The van der Waals surface area contributed by atoms with E-state index in [0.717, 1.165) is 30.3 Å². The molecule has 1 aromatic rings. The quantitative estimate of drug-likeness (QED) is 0.644. The largest absolute Gasteiger partial charge is 0.494 e. The summed E-state index contributed by atoms with van der Waals surface area (Å²) in [5.74, 6) is 2.98. The van der Waals surface area contributed by atoms with Crippen molar-refractivity contribution in [1.29, 1.82) is 0 Å². The van der Waals surface area contributed by atoms with E-state index in [-0.39, 0.29) is 6.61 Å². The van der Waals surface area contributed by atoms with Crippen LogP contribution in [-0.4, -0.2) is 47.6 Å². The van der Waals surface area contributed by atoms with Crippen molar-refractivity contribution in [2.24, 2.45) is 0 Å². The second kappa shape index (κ2) is 9.95. The van der Waals surface area contributed by atoms with Crippen LogP contribution in [0.4, 0.5) is 0 Å². The molecule has 0 radical (unpaired) electrons. The fourth-order valence-electron chi connectivity index (χ4n) is 1.34. The molecule has 1 unspecified atom stereocenters. The Balaban J connectivity index is 2.15. The molecule has 0 saturated carbocycles. The second-order valence-corrected chi connectivity index (χ2v) is 5.23. The van der Waals surface area contributed by atoms with Crippen LogP contribution in [0.3, 0.4) is 0 Å². The van der Waals surface area contributed by atoms with Gasteiger partial charge < -0.3 is 19.7 Å². The third kappa shape index (κ3) is 7.30. The summed E-state index contributed by atoms with van der Waals surface area (Å²) in [6.07, 6.45) is 0.356. The monoisotopic (exact) mass is 286 g/mol. The minimum absolute atomic E-state index is 0.187. The van der Waals surface area contributed by atoms with E-state index in [2.05, 4.69) is 6.92 Å². The van der Waals surface area contributed by atoms with Crippen molar-refractivity contribution in [2.45, 2.75) is 19.4 Å². The van der Waals surface area contributed by atoms with Crippen molar-refractivity contribution in [2.75, 3.05) is 31.3 Å². The molecule has 1 aromatic carbocycles. The first kappa shape index (κ1) is 16.1. The highest BCUT2D eigenvalue weighted by Crippen LogP contribution is 2.18. The van der Waals surface area contributed by atoms with Crippen LogP contribution < -0.4 is 9.47 Å². The Morgan fingerprint density at radius 2 is 1.68 bits per heavy atom. The molecular weight excluding hydrogens is 264 g/mol. The maximum atomic E-state index is 9.15. The predicted molar refractivity (Wildman–Crippen MR) is 78.1 cm³/mol. The Labute approximate surface area is 118 Å². The summed E-state index contributed by atoms with van der Waals surface area (Å²) in [6.45, 7) is 3.19. The molecule has 108 valence electrons. The number of benzene rings is 1. The molecule has 0 heterocycles. The average molecular weight is 286 g/mol. The van der Waals surface area contributed by atoms with E-state index in [1.54, 1.807) is 11.8 Å². The summed E-state index contributed by atoms with van der Waals surface area (Å²) in [7, 11) is 0. The second-order valence-electron chi connectivity index (χ2n) is 4.08. The van der Waals surface area contributed by atoms with Crippen molar-refractivity contribution in [3.63, 3.8) is 0 Å². The van der Waals surface area contributed by atoms with E-state index >= 15 is 0 Å². The first-order chi connectivity index (χ1) is 9.26. The molecular formula is C14H22O4S. The number of aliphatic hydroxyl groups excluding tert-OH is 2. The maximum absolute atomic E-state index is 9.15. The highest BCUT2D eigenvalue weighted by molar-refractivity contribution is 7.99. The topological polar surface area (TPSA) is 58.9 Å². The Morgan fingerprint density at radius 3 is 2.21 bits per heavy atom. The summed E-state index contributed by atoms with van der Waals surface area (Å²) in [5.41, 5.74) is 0. The van der Waals surface area contributed by atoms with Crippen molar-refractivity contribution in [3.8, 4) is 11.5 Å². The number of rotatable bonds is 10. The van der Waals surface area contributed by atoms with Gasteiger partial charge in [-0.3, -0.25) is 0 Å². The van der Waals surface area contributed by atoms with E-state index in [1.807, 2.05) is 24.3 Å². The van der Waals surface area contributed by atoms with Crippen molar-refractivity contribution in [1.82, 2.24) is 0 Å². The van der Waals surface area contributed by atoms with E-state index in [9.17, 15) is 0 Å². The van der Waals surface area contributed by atoms with E-state index in [1.165, 1.54) is 0 Å². The number of thioether (sulfide) groups is 1. The van der Waals surface area contributed by atoms with Gasteiger partial charge in [0.2, 0.25) is 0 Å². The molecule has 0 fully saturated rings. The molecule has 0 saturated heterocycles. The van der Waals surface area contributed by atoms with Gasteiger partial charge in [-0.05, 0) is 30.7 Å². The predicted octanol–water partition coefficient (Wildman–Crippen LogP) is 1.94. The number of aliphatic hydroxyl groups is 2. The van der Waals surface area contributed by atoms with E-state index in [0.29, 0.717) is 12.4 Å². The molecule has 0 bridgehead atoms. The summed E-state index contributed by atoms with van der Waals surface area (Å²) in [5, 5.41) is 17.8. The standard InChI is InChI=1S/C14H22O4S/c1-2-7-17-13-3-5-14(6-4-13)18-8-9-19-11-12(16)10-15/h3-6,12,15-16H,2,7-11H2,1H3. The van der Waals surface area contributed by atoms with Gasteiger partial charge in [-0.1, -0.05) is 6.92 Å². The number of hydrogen-bond donors (Lipinski definition) is 2. The van der Waals surface area contributed by atoms with Crippen molar-refractivity contribution < 1.29 is 19.7 Å². The van der Waals surface area contributed by atoms with Crippen molar-refractivity contribution in [3.05, 3.63) is 24.3 Å². The van der Waals surface area contributed by atoms with Gasteiger partial charge in [-0.2, -0.15) is 11.8 Å². The molecule has 5 heteroatoms. The minimum atomic E-state index is -0.639. The van der Waals surface area contributed by atoms with Gasteiger partial charge in [-0.15, -0.1) is 0 Å². The smallest absolute Gasteiger partial charge is 0.119 e. The Kier molecular flexibility index (Phi) is 8.45. The lowest BCUT2D eigenvalue weighted by Gasteiger charge is -2.09. The van der Waals surface area contributed by atoms with Gasteiger partial charge in [0.15, 0.2) is 0 Å². The molecule has 0 spiro atoms. The third-order valence-corrected chi connectivity index (χ3v) is 3.39. The van der Waals surface area contributed by atoms with Crippen molar-refractivity contribution >= 4 is 11.8 Å². The van der Waals surface area contributed by atoms with Gasteiger partial charge in [0.05, 0.1) is 25.9 Å². The lowest BCUT2D eigenvalue weighted by atomic mass is 10.3. The van der Waals surface area contributed by atoms with Gasteiger partial charge >= 0.3 is 0 Å². The van der Waals surface area contributed by atoms with Gasteiger partial charge in [-0.25, -0.2) is 0 Å². The zero-order chi connectivity index (χ0) is 13.9. The fourth-order valence-corrected chi connectivity index (χ4v) is 2.09. The molecule has 2 N–H and O–H groups in total. The highest BCUT2D eigenvalue weighted by Gasteiger charge is 2.01. The van der Waals surface area contributed by atoms with Crippen LogP contribution in [0.25, 0.3) is 0 Å².